The van der Waals surface area contributed by atoms with Crippen LogP contribution in [0, 0.1) is 30.6 Å². The normalized spacial score (nSPS) is 24.8. The predicted molar refractivity (Wildman–Crippen MR) is 232 cm³/mol. The zero-order valence-corrected chi connectivity index (χ0v) is 35.0. The molecule has 2 fully saturated rings. The van der Waals surface area contributed by atoms with E-state index in [0.717, 1.165) is 83.1 Å². The van der Waals surface area contributed by atoms with Crippen LogP contribution in [-0.2, 0) is 27.5 Å². The number of pyridine rings is 1. The van der Waals surface area contributed by atoms with Crippen molar-refractivity contribution in [1.29, 1.82) is 0 Å². The number of aliphatic hydroxyl groups excluding tert-OH is 2. The highest BCUT2D eigenvalue weighted by atomic mass is 16.7. The smallest absolute Gasteiger partial charge is 0.239 e. The van der Waals surface area contributed by atoms with Gasteiger partial charge in [-0.2, -0.15) is 0 Å². The van der Waals surface area contributed by atoms with Crippen molar-refractivity contribution in [3.05, 3.63) is 126 Å². The van der Waals surface area contributed by atoms with Gasteiger partial charge in [0.2, 0.25) is 11.7 Å². The van der Waals surface area contributed by atoms with Gasteiger partial charge in [-0.3, -0.25) is 9.78 Å². The summed E-state index contributed by atoms with van der Waals surface area (Å²) in [5.74, 6) is -0.173. The first kappa shape index (κ1) is 41.7. The van der Waals surface area contributed by atoms with Crippen LogP contribution in [-0.4, -0.2) is 70.5 Å². The Hall–Kier alpha value is -5.03. The standard InChI is InChI=1S/C50H59N3O7/c1-4-27-59-50-46(53(49(56)35-21-22-35)31-37-17-12-16-34-14-5-6-19-40(34)37)30-44(52-57-3)42-28-36(15-7-9-25-54)41(20-8-10-26-55)47(48(42)50)43-29-39(23-24-45(43)60-50)58-32-38-18-11-13-33(2)51-38/h4-6,11-14,16-19,23-24,28-29,35-36,41,46-48,54-55H,1,7-10,15,20-22,25-27,30-32H2,2-3H3. The molecule has 0 radical (unpaired) electrons. The molecule has 2 heterocycles. The Kier molecular flexibility index (Phi) is 13.0. The fraction of sp³-hybridized carbons (Fsp3) is 0.460. The number of carbonyl (C=O) groups is 1. The van der Waals surface area contributed by atoms with E-state index in [1.54, 1.807) is 13.2 Å². The molecule has 10 heteroatoms. The molecule has 10 nitrogen and oxygen atoms in total. The van der Waals surface area contributed by atoms with Gasteiger partial charge in [-0.15, -0.1) is 6.58 Å². The quantitative estimate of drug-likeness (QED) is 0.0548. The zero-order chi connectivity index (χ0) is 41.6. The third-order valence-corrected chi connectivity index (χ3v) is 13.0. The number of aromatic nitrogens is 1. The second-order valence-corrected chi connectivity index (χ2v) is 16.9. The van der Waals surface area contributed by atoms with E-state index in [1.165, 1.54) is 0 Å². The van der Waals surface area contributed by atoms with Gasteiger partial charge < -0.3 is 34.2 Å². The van der Waals surface area contributed by atoms with E-state index in [9.17, 15) is 15.0 Å². The molecule has 316 valence electrons. The summed E-state index contributed by atoms with van der Waals surface area (Å²) in [5, 5.41) is 26.9. The van der Waals surface area contributed by atoms with Crippen molar-refractivity contribution in [3.63, 3.8) is 0 Å². The minimum absolute atomic E-state index is 0.0704. The number of aryl methyl sites for hydroxylation is 1. The van der Waals surface area contributed by atoms with Crippen LogP contribution in [0.1, 0.15) is 86.2 Å². The lowest BCUT2D eigenvalue weighted by molar-refractivity contribution is -0.258. The van der Waals surface area contributed by atoms with E-state index in [1.807, 2.05) is 54.3 Å². The molecular formula is C50H59N3O7. The number of amides is 1. The van der Waals surface area contributed by atoms with Gasteiger partial charge in [0.05, 0.1) is 23.9 Å². The van der Waals surface area contributed by atoms with Crippen LogP contribution in [0.25, 0.3) is 10.8 Å². The second kappa shape index (κ2) is 18.7. The summed E-state index contributed by atoms with van der Waals surface area (Å²) in [7, 11) is 1.58. The number of hydrogen-bond acceptors (Lipinski definition) is 9. The number of nitrogens with zero attached hydrogens (tertiary/aromatic N) is 3. The van der Waals surface area contributed by atoms with Gasteiger partial charge >= 0.3 is 0 Å². The van der Waals surface area contributed by atoms with Crippen molar-refractivity contribution < 1.29 is 34.1 Å². The monoisotopic (exact) mass is 813 g/mol. The molecular weight excluding hydrogens is 755 g/mol. The van der Waals surface area contributed by atoms with E-state index >= 15 is 0 Å². The number of carbonyl (C=O) groups excluding carboxylic acids is 1. The molecule has 6 unspecified atom stereocenters. The number of oxime groups is 1. The summed E-state index contributed by atoms with van der Waals surface area (Å²) < 4.78 is 21.1. The number of unbranched alkanes of at least 4 members (excludes halogenated alkanes) is 2. The zero-order valence-electron chi connectivity index (χ0n) is 35.0. The second-order valence-electron chi connectivity index (χ2n) is 16.9. The van der Waals surface area contributed by atoms with E-state index in [2.05, 4.69) is 54.0 Å². The summed E-state index contributed by atoms with van der Waals surface area (Å²) in [4.78, 5) is 27.3. The minimum Gasteiger partial charge on any atom is -0.487 e. The van der Waals surface area contributed by atoms with Crippen LogP contribution in [0.4, 0.5) is 0 Å². The number of fused-ring (bicyclic) bond motifs is 3. The topological polar surface area (TPSA) is 123 Å². The first-order valence-corrected chi connectivity index (χ1v) is 21.8. The van der Waals surface area contributed by atoms with E-state index in [0.29, 0.717) is 43.9 Å². The maximum atomic E-state index is 14.9. The summed E-state index contributed by atoms with van der Waals surface area (Å²) in [6.45, 7) is 7.20. The number of ether oxygens (including phenoxy) is 3. The molecule has 1 aliphatic heterocycles. The lowest BCUT2D eigenvalue weighted by Crippen LogP contribution is -2.70. The molecule has 2 N–H and O–H groups in total. The van der Waals surface area contributed by atoms with Gasteiger partial charge in [-0.05, 0) is 110 Å². The Morgan fingerprint density at radius 3 is 2.55 bits per heavy atom. The molecule has 3 aromatic carbocycles. The molecule has 1 amide bonds. The molecule has 4 aliphatic rings. The first-order chi connectivity index (χ1) is 29.4. The minimum atomic E-state index is -1.32. The number of hydrogen-bond donors (Lipinski definition) is 2. The van der Waals surface area contributed by atoms with Crippen molar-refractivity contribution in [1.82, 2.24) is 9.88 Å². The summed E-state index contributed by atoms with van der Waals surface area (Å²) in [5.41, 5.74) is 5.65. The number of rotatable bonds is 19. The van der Waals surface area contributed by atoms with Crippen molar-refractivity contribution in [2.45, 2.75) is 95.6 Å². The summed E-state index contributed by atoms with van der Waals surface area (Å²) in [6, 6.07) is 26.1. The van der Waals surface area contributed by atoms with Gasteiger partial charge in [0.1, 0.15) is 31.3 Å². The Labute approximate surface area is 353 Å². The average Bonchev–Trinajstić information content (AvgIpc) is 4.12. The molecule has 3 aliphatic carbocycles. The van der Waals surface area contributed by atoms with Crippen molar-refractivity contribution in [3.8, 4) is 11.5 Å². The van der Waals surface area contributed by atoms with E-state index < -0.39 is 11.8 Å². The predicted octanol–water partition coefficient (Wildman–Crippen LogP) is 8.82. The van der Waals surface area contributed by atoms with E-state index in [-0.39, 0.29) is 55.3 Å². The SMILES string of the molecule is C=CCOC12Oc3ccc(OCc4cccc(C)n4)cc3C3C(CCCCO)C(CCCCO)C=C(C(=NOC)CC1N(Cc1cccc4ccccc14)C(=O)C1CC1)C32. The van der Waals surface area contributed by atoms with Gasteiger partial charge in [0.25, 0.3) is 0 Å². The number of benzene rings is 3. The highest BCUT2D eigenvalue weighted by Crippen LogP contribution is 2.62. The summed E-state index contributed by atoms with van der Waals surface area (Å²) in [6.07, 6.45) is 11.0. The third kappa shape index (κ3) is 8.47. The maximum Gasteiger partial charge on any atom is 0.239 e. The molecule has 0 saturated heterocycles. The van der Waals surface area contributed by atoms with Crippen LogP contribution >= 0.6 is 0 Å². The Balaban J connectivity index is 1.31. The van der Waals surface area contributed by atoms with Crippen LogP contribution in [0.5, 0.6) is 11.5 Å². The Morgan fingerprint density at radius 1 is 1.00 bits per heavy atom. The Bertz CT molecular complexity index is 2210. The fourth-order valence-electron chi connectivity index (χ4n) is 10.2. The van der Waals surface area contributed by atoms with Gasteiger partial charge in [-0.1, -0.05) is 78.7 Å². The lowest BCUT2D eigenvalue weighted by atomic mass is 9.55. The van der Waals surface area contributed by atoms with Gasteiger partial charge in [-0.25, -0.2) is 0 Å². The molecule has 1 aromatic heterocycles. The average molecular weight is 814 g/mol. The fourth-order valence-corrected chi connectivity index (χ4v) is 10.2. The van der Waals surface area contributed by atoms with Crippen LogP contribution in [0.2, 0.25) is 0 Å². The molecule has 4 aromatic rings. The number of aliphatic hydroxyl groups is 2. The molecule has 0 spiro atoms. The van der Waals surface area contributed by atoms with E-state index in [4.69, 9.17) is 24.2 Å². The van der Waals surface area contributed by atoms with Crippen molar-refractivity contribution >= 4 is 22.4 Å². The highest BCUT2D eigenvalue weighted by Gasteiger charge is 2.66. The van der Waals surface area contributed by atoms with Crippen molar-refractivity contribution in [2.75, 3.05) is 26.9 Å². The van der Waals surface area contributed by atoms with Crippen LogP contribution in [0.3, 0.4) is 0 Å². The molecule has 0 bridgehead atoms. The lowest BCUT2D eigenvalue weighted by Gasteiger charge is -2.60. The highest BCUT2D eigenvalue weighted by molar-refractivity contribution is 6.03. The number of allylic oxidation sites excluding steroid dienone is 1. The van der Waals surface area contributed by atoms with Gasteiger partial charge in [0, 0.05) is 49.3 Å². The maximum absolute atomic E-state index is 14.9. The van der Waals surface area contributed by atoms with Crippen LogP contribution in [0.15, 0.2) is 108 Å². The van der Waals surface area contributed by atoms with Crippen molar-refractivity contribution in [2.24, 2.45) is 28.8 Å². The summed E-state index contributed by atoms with van der Waals surface area (Å²) >= 11 is 0. The first-order valence-electron chi connectivity index (χ1n) is 21.8. The molecule has 8 rings (SSSR count). The Morgan fingerprint density at radius 2 is 1.78 bits per heavy atom. The molecule has 2 saturated carbocycles. The molecule has 6 atom stereocenters. The van der Waals surface area contributed by atoms with Crippen LogP contribution < -0.4 is 9.47 Å². The third-order valence-electron chi connectivity index (χ3n) is 13.0. The molecule has 60 heavy (non-hydrogen) atoms. The largest absolute Gasteiger partial charge is 0.487 e. The van der Waals surface area contributed by atoms with Gasteiger partial charge in [0.15, 0.2) is 0 Å².